The Morgan fingerprint density at radius 2 is 1.86 bits per heavy atom. The Kier molecular flexibility index (Phi) is 7.83. The number of ether oxygens (including phenoxy) is 1. The summed E-state index contributed by atoms with van der Waals surface area (Å²) >= 11 is 5.87. The molecule has 148 valence electrons. The number of hydrogen-bond donors (Lipinski definition) is 2. The molecule has 0 aliphatic rings. The lowest BCUT2D eigenvalue weighted by molar-refractivity contribution is -0.127. The lowest BCUT2D eigenvalue weighted by Crippen LogP contribution is -2.37. The van der Waals surface area contributed by atoms with Crippen molar-refractivity contribution in [3.8, 4) is 5.75 Å². The van der Waals surface area contributed by atoms with Crippen molar-refractivity contribution >= 4 is 35.3 Å². The minimum absolute atomic E-state index is 0.196. The number of rotatable bonds is 8. The number of anilines is 1. The van der Waals surface area contributed by atoms with E-state index in [9.17, 15) is 9.59 Å². The van der Waals surface area contributed by atoms with E-state index in [2.05, 4.69) is 15.8 Å². The molecule has 2 aromatic carbocycles. The van der Waals surface area contributed by atoms with E-state index >= 15 is 0 Å². The zero-order valence-electron chi connectivity index (χ0n) is 16.0. The molecule has 0 saturated carbocycles. The summed E-state index contributed by atoms with van der Waals surface area (Å²) in [4.78, 5) is 25.5. The van der Waals surface area contributed by atoms with Gasteiger partial charge in [0.1, 0.15) is 5.75 Å². The van der Waals surface area contributed by atoms with Gasteiger partial charge in [-0.2, -0.15) is 5.10 Å². The molecular formula is C20H23ClN4O3. The van der Waals surface area contributed by atoms with Gasteiger partial charge in [-0.05, 0) is 48.4 Å². The first-order chi connectivity index (χ1) is 13.3. The molecule has 0 heterocycles. The van der Waals surface area contributed by atoms with Gasteiger partial charge in [0.15, 0.2) is 6.61 Å². The van der Waals surface area contributed by atoms with Crippen LogP contribution in [-0.4, -0.2) is 45.3 Å². The van der Waals surface area contributed by atoms with Gasteiger partial charge in [0.25, 0.3) is 11.8 Å². The van der Waals surface area contributed by atoms with Gasteiger partial charge in [0, 0.05) is 24.8 Å². The van der Waals surface area contributed by atoms with Crippen LogP contribution in [0.5, 0.6) is 5.75 Å². The van der Waals surface area contributed by atoms with Crippen LogP contribution in [0, 0.1) is 6.92 Å². The van der Waals surface area contributed by atoms with Crippen molar-refractivity contribution in [1.29, 1.82) is 0 Å². The number of hydrazone groups is 1. The first kappa shape index (κ1) is 21.2. The monoisotopic (exact) mass is 402 g/mol. The number of amides is 2. The maximum atomic E-state index is 11.8. The Balaban J connectivity index is 1.70. The fraction of sp³-hybridized carbons (Fsp3) is 0.250. The number of halogens is 1. The van der Waals surface area contributed by atoms with Gasteiger partial charge in [-0.15, -0.1) is 0 Å². The molecule has 0 unspecified atom stereocenters. The molecule has 7 nitrogen and oxygen atoms in total. The second-order valence-corrected chi connectivity index (χ2v) is 6.69. The molecule has 0 fully saturated rings. The topological polar surface area (TPSA) is 83.0 Å². The number of hydrogen-bond acceptors (Lipinski definition) is 5. The van der Waals surface area contributed by atoms with Gasteiger partial charge in [-0.3, -0.25) is 9.59 Å². The van der Waals surface area contributed by atoms with E-state index in [1.165, 1.54) is 6.21 Å². The van der Waals surface area contributed by atoms with Crippen LogP contribution in [0.3, 0.4) is 0 Å². The number of benzene rings is 2. The van der Waals surface area contributed by atoms with Crippen molar-refractivity contribution in [3.63, 3.8) is 0 Å². The summed E-state index contributed by atoms with van der Waals surface area (Å²) < 4.78 is 5.42. The van der Waals surface area contributed by atoms with Crippen LogP contribution in [0.2, 0.25) is 5.02 Å². The van der Waals surface area contributed by atoms with Crippen molar-refractivity contribution in [2.24, 2.45) is 5.10 Å². The van der Waals surface area contributed by atoms with Crippen molar-refractivity contribution in [2.45, 2.75) is 6.92 Å². The molecule has 0 aliphatic heterocycles. The van der Waals surface area contributed by atoms with Gasteiger partial charge in [-0.25, -0.2) is 5.43 Å². The highest BCUT2D eigenvalue weighted by molar-refractivity contribution is 6.30. The van der Waals surface area contributed by atoms with E-state index in [4.69, 9.17) is 16.3 Å². The molecule has 8 heteroatoms. The zero-order valence-corrected chi connectivity index (χ0v) is 16.8. The van der Waals surface area contributed by atoms with E-state index in [-0.39, 0.29) is 13.2 Å². The van der Waals surface area contributed by atoms with E-state index in [0.717, 1.165) is 16.8 Å². The molecule has 0 radical (unpaired) electrons. The molecular weight excluding hydrogens is 380 g/mol. The van der Waals surface area contributed by atoms with Gasteiger partial charge in [0.05, 0.1) is 12.8 Å². The van der Waals surface area contributed by atoms with E-state index < -0.39 is 11.8 Å². The fourth-order valence-electron chi connectivity index (χ4n) is 2.22. The maximum Gasteiger partial charge on any atom is 0.259 e. The second-order valence-electron chi connectivity index (χ2n) is 6.25. The molecule has 2 N–H and O–H groups in total. The Labute approximate surface area is 169 Å². The molecule has 2 amide bonds. The van der Waals surface area contributed by atoms with Gasteiger partial charge in [0.2, 0.25) is 0 Å². The number of nitrogens with zero attached hydrogens (tertiary/aromatic N) is 2. The Hall–Kier alpha value is -3.06. The first-order valence-electron chi connectivity index (χ1n) is 8.60. The average Bonchev–Trinajstić information content (AvgIpc) is 2.66. The summed E-state index contributed by atoms with van der Waals surface area (Å²) in [5.74, 6) is -0.279. The predicted molar refractivity (Wildman–Crippen MR) is 111 cm³/mol. The molecule has 0 aliphatic carbocycles. The Morgan fingerprint density at radius 3 is 2.50 bits per heavy atom. The van der Waals surface area contributed by atoms with Crippen LogP contribution >= 0.6 is 11.6 Å². The third kappa shape index (κ3) is 6.92. The normalized spacial score (nSPS) is 10.6. The van der Waals surface area contributed by atoms with Crippen LogP contribution in [0.1, 0.15) is 11.1 Å². The summed E-state index contributed by atoms with van der Waals surface area (Å²) in [5, 5.41) is 6.94. The second kappa shape index (κ2) is 10.3. The van der Waals surface area contributed by atoms with E-state index in [1.54, 1.807) is 18.2 Å². The number of nitrogens with one attached hydrogen (secondary N) is 2. The molecule has 2 rings (SSSR count). The Morgan fingerprint density at radius 1 is 1.14 bits per heavy atom. The molecule has 0 bridgehead atoms. The van der Waals surface area contributed by atoms with Crippen molar-refractivity contribution < 1.29 is 14.3 Å². The number of carbonyl (C=O) groups excluding carboxylic acids is 2. The quantitative estimate of drug-likeness (QED) is 0.524. The lowest BCUT2D eigenvalue weighted by Gasteiger charge is -2.11. The SMILES string of the molecule is Cc1cc(Cl)ccc1OCC(=O)NCC(=O)N/N=C/c1ccc(N(C)C)cc1. The minimum atomic E-state index is -0.433. The van der Waals surface area contributed by atoms with Crippen LogP contribution in [0.15, 0.2) is 47.6 Å². The maximum absolute atomic E-state index is 11.8. The Bertz CT molecular complexity index is 851. The highest BCUT2D eigenvalue weighted by Crippen LogP contribution is 2.21. The van der Waals surface area contributed by atoms with Gasteiger partial charge in [-0.1, -0.05) is 23.7 Å². The van der Waals surface area contributed by atoms with Crippen LogP contribution in [0.25, 0.3) is 0 Å². The highest BCUT2D eigenvalue weighted by atomic mass is 35.5. The average molecular weight is 403 g/mol. The van der Waals surface area contributed by atoms with Crippen LogP contribution in [0.4, 0.5) is 5.69 Å². The number of aryl methyl sites for hydroxylation is 1. The summed E-state index contributed by atoms with van der Waals surface area (Å²) in [6.45, 7) is 1.44. The van der Waals surface area contributed by atoms with Crippen molar-refractivity contribution in [2.75, 3.05) is 32.1 Å². The minimum Gasteiger partial charge on any atom is -0.484 e. The largest absolute Gasteiger partial charge is 0.484 e. The summed E-state index contributed by atoms with van der Waals surface area (Å²) in [5.41, 5.74) is 5.11. The third-order valence-electron chi connectivity index (χ3n) is 3.75. The van der Waals surface area contributed by atoms with Crippen molar-refractivity contribution in [3.05, 3.63) is 58.6 Å². The first-order valence-corrected chi connectivity index (χ1v) is 8.98. The van der Waals surface area contributed by atoms with Crippen molar-refractivity contribution in [1.82, 2.24) is 10.7 Å². The lowest BCUT2D eigenvalue weighted by atomic mass is 10.2. The summed E-state index contributed by atoms with van der Waals surface area (Å²) in [7, 11) is 3.92. The molecule has 0 spiro atoms. The molecule has 2 aromatic rings. The predicted octanol–water partition coefficient (Wildman–Crippen LogP) is 2.36. The summed E-state index contributed by atoms with van der Waals surface area (Å²) in [6.07, 6.45) is 1.53. The third-order valence-corrected chi connectivity index (χ3v) is 3.99. The van der Waals surface area contributed by atoms with Crippen LogP contribution < -0.4 is 20.4 Å². The van der Waals surface area contributed by atoms with Gasteiger partial charge < -0.3 is 15.0 Å². The number of carbonyl (C=O) groups is 2. The highest BCUT2D eigenvalue weighted by Gasteiger charge is 2.07. The van der Waals surface area contributed by atoms with E-state index in [1.807, 2.05) is 50.2 Å². The van der Waals surface area contributed by atoms with Gasteiger partial charge >= 0.3 is 0 Å². The summed E-state index contributed by atoms with van der Waals surface area (Å²) in [6, 6.07) is 12.8. The molecule has 28 heavy (non-hydrogen) atoms. The molecule has 0 saturated heterocycles. The standard InChI is InChI=1S/C20H23ClN4O3/c1-14-10-16(21)6-9-18(14)28-13-20(27)22-12-19(26)24-23-11-15-4-7-17(8-5-15)25(2)3/h4-11H,12-13H2,1-3H3,(H,22,27)(H,24,26)/b23-11+. The zero-order chi connectivity index (χ0) is 20.5. The fourth-order valence-corrected chi connectivity index (χ4v) is 2.45. The van der Waals surface area contributed by atoms with E-state index in [0.29, 0.717) is 10.8 Å². The molecule has 0 aromatic heterocycles. The molecule has 0 atom stereocenters. The smallest absolute Gasteiger partial charge is 0.259 e. The van der Waals surface area contributed by atoms with Crippen LogP contribution in [-0.2, 0) is 9.59 Å².